The first kappa shape index (κ1) is 72.8. The van der Waals surface area contributed by atoms with Crippen LogP contribution in [-0.4, -0.2) is 129 Å². The molecule has 6 amide bonds. The number of pyridine rings is 1. The van der Waals surface area contributed by atoms with Gasteiger partial charge in [-0.25, -0.2) is 14.6 Å². The second-order valence-electron chi connectivity index (χ2n) is 27.7. The Kier molecular flexibility index (Phi) is 22.7. The van der Waals surface area contributed by atoms with Crippen molar-refractivity contribution < 1.29 is 77.2 Å². The number of ether oxygens (including phenoxy) is 3. The van der Waals surface area contributed by atoms with Crippen LogP contribution in [0.2, 0.25) is 0 Å². The van der Waals surface area contributed by atoms with E-state index in [1.54, 1.807) is 144 Å². The summed E-state index contributed by atoms with van der Waals surface area (Å²) in [6.45, 7) is 12.2. The number of Topliss-reactive ketones (excluding diaryl/α,β-unsaturated/α-hetero) is 2. The van der Waals surface area contributed by atoms with Crippen molar-refractivity contribution in [1.82, 2.24) is 26.3 Å². The molecule has 0 aliphatic heterocycles. The van der Waals surface area contributed by atoms with Gasteiger partial charge in [0.1, 0.15) is 41.4 Å². The molecule has 5 aromatic rings. The summed E-state index contributed by atoms with van der Waals surface area (Å²) in [6, 6.07) is 31.5. The maximum Gasteiger partial charge on any atom is 0.350 e. The molecular formula is C75H89N7O16. The molecule has 1 aromatic heterocycles. The molecule has 2 unspecified atom stereocenters. The molecule has 0 radical (unpaired) electrons. The summed E-state index contributed by atoms with van der Waals surface area (Å²) in [7, 11) is 0. The lowest BCUT2D eigenvalue weighted by molar-refractivity contribution is -0.265. The van der Waals surface area contributed by atoms with Gasteiger partial charge in [0, 0.05) is 66.3 Å². The number of primary amides is 2. The predicted molar refractivity (Wildman–Crippen MR) is 359 cm³/mol. The van der Waals surface area contributed by atoms with Crippen LogP contribution in [0.1, 0.15) is 168 Å². The van der Waals surface area contributed by atoms with Crippen LogP contribution in [0.3, 0.4) is 0 Å². The summed E-state index contributed by atoms with van der Waals surface area (Å²) >= 11 is 0. The molecule has 2 bridgehead atoms. The highest BCUT2D eigenvalue weighted by Crippen LogP contribution is 2.70. The van der Waals surface area contributed by atoms with E-state index in [1.807, 2.05) is 19.1 Å². The van der Waals surface area contributed by atoms with Crippen LogP contribution in [0.25, 0.3) is 10.9 Å². The third-order valence-corrected chi connectivity index (χ3v) is 21.3. The molecule has 520 valence electrons. The van der Waals surface area contributed by atoms with Gasteiger partial charge >= 0.3 is 17.9 Å². The number of nitrogens with two attached hydrogens (primary N) is 2. The number of unbranched alkanes of at least 4 members (excludes halogenated alkanes) is 1. The number of nitrogens with zero attached hydrogens (tertiary/aromatic N) is 1. The Balaban J connectivity index is 0.855. The van der Waals surface area contributed by atoms with E-state index < -0.39 is 154 Å². The van der Waals surface area contributed by atoms with Gasteiger partial charge in [-0.3, -0.25) is 43.2 Å². The zero-order valence-electron chi connectivity index (χ0n) is 56.4. The van der Waals surface area contributed by atoms with E-state index in [-0.39, 0.29) is 80.0 Å². The zero-order chi connectivity index (χ0) is 71.0. The molecule has 23 nitrogen and oxygen atoms in total. The number of aliphatic hydroxyl groups is 2. The Morgan fingerprint density at radius 2 is 1.36 bits per heavy atom. The van der Waals surface area contributed by atoms with Gasteiger partial charge in [-0.1, -0.05) is 119 Å². The van der Waals surface area contributed by atoms with Crippen LogP contribution >= 0.6 is 0 Å². The third kappa shape index (κ3) is 15.4. The van der Waals surface area contributed by atoms with Gasteiger partial charge in [-0.15, -0.1) is 0 Å². The number of carbonyl (C=O) groups excluding carboxylic acids is 11. The van der Waals surface area contributed by atoms with Crippen LogP contribution in [0.15, 0.2) is 139 Å². The number of benzene rings is 4. The lowest BCUT2D eigenvalue weighted by Gasteiger charge is -2.68. The minimum absolute atomic E-state index is 0.0586. The molecular weight excluding hydrogens is 1250 g/mol. The maximum atomic E-state index is 15.6. The first-order valence-corrected chi connectivity index (χ1v) is 33.6. The Bertz CT molecular complexity index is 3880. The Morgan fingerprint density at radius 3 is 2.00 bits per heavy atom. The number of rotatable bonds is 28. The second-order valence-corrected chi connectivity index (χ2v) is 27.7. The lowest BCUT2D eigenvalue weighted by atomic mass is 9.37. The topological polar surface area (TPSA) is 369 Å². The van der Waals surface area contributed by atoms with E-state index in [1.165, 1.54) is 13.0 Å². The molecule has 10 N–H and O–H groups in total. The molecule has 0 saturated heterocycles. The van der Waals surface area contributed by atoms with Gasteiger partial charge in [0.15, 0.2) is 5.78 Å². The summed E-state index contributed by atoms with van der Waals surface area (Å²) in [5.74, 6) is -11.0. The molecule has 14 atom stereocenters. The van der Waals surface area contributed by atoms with Crippen molar-refractivity contribution in [2.24, 2.45) is 51.4 Å². The van der Waals surface area contributed by atoms with Crippen molar-refractivity contribution in [1.29, 1.82) is 0 Å². The monoisotopic (exact) mass is 1340 g/mol. The zero-order valence-corrected chi connectivity index (χ0v) is 56.4. The first-order valence-electron chi connectivity index (χ1n) is 33.6. The highest BCUT2D eigenvalue weighted by atomic mass is 16.6. The van der Waals surface area contributed by atoms with Crippen molar-refractivity contribution >= 4 is 75.8 Å². The van der Waals surface area contributed by atoms with Gasteiger partial charge < -0.3 is 57.2 Å². The van der Waals surface area contributed by atoms with Gasteiger partial charge in [0.05, 0.1) is 35.1 Å². The molecule has 23 heteroatoms. The summed E-state index contributed by atoms with van der Waals surface area (Å²) in [5, 5.41) is 37.7. The number of esters is 3. The van der Waals surface area contributed by atoms with Gasteiger partial charge in [0.2, 0.25) is 29.7 Å². The van der Waals surface area contributed by atoms with Gasteiger partial charge in [-0.05, 0) is 130 Å². The van der Waals surface area contributed by atoms with Crippen molar-refractivity contribution in [3.8, 4) is 0 Å². The standard InChI is InChI=1S/C75H89N7O16/c1-42-55(41-75(95)65(98-70(93)48-26-15-10-16-27-48)63-73(6)37-36-50(73)40-56(84)74(63,7)64(88)43(2)60(42)72(75,4)5)96-71(94)62(61(46-22-11-8-12-23-46)82-68(91)47-24-13-9-14-25-47)97-59(87)35-34-57(85)78-38-20-19-29-52(67(77)90)81-58(86)33-31-49(66(76)89)39-54(83)44(3)79-69(92)53-32-30-45-21-17-18-28-51(45)80-53/h8-18,21-28,30,32,43-44,49-50,52,55-56,61-63,65,84,95H,19-20,29,31,33-41H2,1-7H3,(H2,76,89)(H2,77,90)(H,78,85)(H,79,92)(H,81,86)(H,82,91)/t43-,44?,49-,50-,52?,55+,56+,61-,62-,63-,65+,73-,74-,75-/m1/s1. The first-order chi connectivity index (χ1) is 46.5. The summed E-state index contributed by atoms with van der Waals surface area (Å²) in [6.07, 6.45) is -5.81. The van der Waals surface area contributed by atoms with Crippen molar-refractivity contribution in [2.45, 2.75) is 174 Å². The number of nitrogens with one attached hydrogen (secondary N) is 4. The molecule has 4 aliphatic carbocycles. The number of aromatic nitrogens is 1. The van der Waals surface area contributed by atoms with E-state index in [2.05, 4.69) is 26.3 Å². The number of hydrogen-bond donors (Lipinski definition) is 8. The average molecular weight is 1340 g/mol. The Labute approximate surface area is 569 Å². The lowest BCUT2D eigenvalue weighted by Crippen LogP contribution is -2.74. The normalized spacial score (nSPS) is 25.3. The molecule has 9 rings (SSSR count). The number of ketones is 2. The summed E-state index contributed by atoms with van der Waals surface area (Å²) in [4.78, 5) is 156. The third-order valence-electron chi connectivity index (χ3n) is 21.3. The maximum absolute atomic E-state index is 15.6. The van der Waals surface area contributed by atoms with Gasteiger partial charge in [-0.2, -0.15) is 0 Å². The molecule has 98 heavy (non-hydrogen) atoms. The molecule has 4 aromatic carbocycles. The summed E-state index contributed by atoms with van der Waals surface area (Å²) < 4.78 is 19.2. The molecule has 3 saturated carbocycles. The summed E-state index contributed by atoms with van der Waals surface area (Å²) in [5.41, 5.74) is 7.80. The van der Waals surface area contributed by atoms with Gasteiger partial charge in [0.25, 0.3) is 11.8 Å². The SMILES string of the molecule is CC1=C2[C@@H](C)C(=O)[C@@]3(C)[C@H]([C@H](OC(=O)c4ccccc4)[C@](O)(C[C@@H]1OC(=O)[C@H](OC(=O)CCC(=O)NCCCCC(NC(=O)CC[C@H](CC(=O)C(C)NC(=O)c1ccc4ccccc4n1)C(N)=O)C(N)=O)[C@H](NC(=O)c1ccccc1)c1ccccc1)C2(C)C)[C@]1(C)CC[C@@H]1C[C@@H]3O. The molecule has 1 heterocycles. The fraction of sp³-hybridized carbons (Fsp3) is 0.467. The highest BCUT2D eigenvalue weighted by molar-refractivity contribution is 5.99. The molecule has 0 spiro atoms. The number of hydrogen-bond acceptors (Lipinski definition) is 17. The van der Waals surface area contributed by atoms with E-state index >= 15 is 9.59 Å². The van der Waals surface area contributed by atoms with Crippen molar-refractivity contribution in [3.05, 3.63) is 161 Å². The Morgan fingerprint density at radius 1 is 0.714 bits per heavy atom. The van der Waals surface area contributed by atoms with Crippen LogP contribution in [0.5, 0.6) is 0 Å². The quantitative estimate of drug-likeness (QED) is 0.0109. The fourth-order valence-electron chi connectivity index (χ4n) is 15.5. The Hall–Kier alpha value is -9.48. The molecule has 3 fully saturated rings. The number of fused-ring (bicyclic) bond motifs is 6. The van der Waals surface area contributed by atoms with Crippen LogP contribution < -0.4 is 32.7 Å². The minimum atomic E-state index is -2.11. The minimum Gasteiger partial charge on any atom is -0.455 e. The van der Waals surface area contributed by atoms with E-state index in [0.29, 0.717) is 35.1 Å². The molecule has 4 aliphatic rings. The number of amides is 6. The van der Waals surface area contributed by atoms with E-state index in [9.17, 15) is 53.4 Å². The highest BCUT2D eigenvalue weighted by Gasteiger charge is 2.74. The van der Waals surface area contributed by atoms with Crippen LogP contribution in [-0.2, 0) is 52.6 Å². The van der Waals surface area contributed by atoms with Crippen LogP contribution in [0, 0.1) is 39.9 Å². The smallest absolute Gasteiger partial charge is 0.350 e. The average Bonchev–Trinajstić information content (AvgIpc) is 0.673. The number of aliphatic hydroxyl groups excluding tert-OH is 1. The van der Waals surface area contributed by atoms with E-state index in [4.69, 9.17) is 25.7 Å². The fourth-order valence-corrected chi connectivity index (χ4v) is 15.5. The van der Waals surface area contributed by atoms with E-state index in [0.717, 1.165) is 11.8 Å². The second kappa shape index (κ2) is 30.5. The number of para-hydroxylation sites is 1. The van der Waals surface area contributed by atoms with Crippen molar-refractivity contribution in [3.63, 3.8) is 0 Å². The number of carbonyl (C=O) groups is 11. The largest absolute Gasteiger partial charge is 0.455 e. The van der Waals surface area contributed by atoms with Crippen LogP contribution in [0.4, 0.5) is 0 Å². The van der Waals surface area contributed by atoms with Crippen molar-refractivity contribution in [2.75, 3.05) is 6.54 Å². The predicted octanol–water partition coefficient (Wildman–Crippen LogP) is 6.95.